The number of allylic oxidation sites excluding steroid dienone is 2. The molecule has 1 aliphatic carbocycles. The molecule has 1 N–H and O–H groups in total. The van der Waals surface area contributed by atoms with Crippen LogP contribution in [0.15, 0.2) is 23.8 Å². The maximum atomic E-state index is 10.7. The number of benzene rings is 1. The molecule has 0 bridgehead atoms. The third-order valence-electron chi connectivity index (χ3n) is 5.66. The van der Waals surface area contributed by atoms with Gasteiger partial charge in [-0.25, -0.2) is 0 Å². The molecule has 0 aromatic heterocycles. The third kappa shape index (κ3) is 3.00. The number of hydrogen-bond acceptors (Lipinski definition) is 2. The van der Waals surface area contributed by atoms with Gasteiger partial charge >= 0.3 is 0 Å². The lowest BCUT2D eigenvalue weighted by molar-refractivity contribution is 0.00908. The molecule has 0 saturated carbocycles. The van der Waals surface area contributed by atoms with Gasteiger partial charge in [0, 0.05) is 17.4 Å². The number of phenolic OH excluding ortho intramolecular Hbond substituents is 1. The van der Waals surface area contributed by atoms with E-state index in [9.17, 15) is 5.11 Å². The van der Waals surface area contributed by atoms with Crippen molar-refractivity contribution in [2.75, 3.05) is 0 Å². The Morgan fingerprint density at radius 1 is 1.26 bits per heavy atom. The van der Waals surface area contributed by atoms with Crippen molar-refractivity contribution in [3.05, 3.63) is 34.9 Å². The molecule has 0 fully saturated rings. The first kappa shape index (κ1) is 16.4. The normalized spacial score (nSPS) is 25.1. The maximum absolute atomic E-state index is 10.7. The van der Waals surface area contributed by atoms with Crippen LogP contribution < -0.4 is 4.74 Å². The highest BCUT2D eigenvalue weighted by molar-refractivity contribution is 5.54. The molecular formula is C21H30O2. The van der Waals surface area contributed by atoms with Crippen LogP contribution in [0.1, 0.15) is 76.8 Å². The van der Waals surface area contributed by atoms with E-state index in [4.69, 9.17) is 4.74 Å². The van der Waals surface area contributed by atoms with Gasteiger partial charge < -0.3 is 9.84 Å². The highest BCUT2D eigenvalue weighted by Crippen LogP contribution is 2.54. The Morgan fingerprint density at radius 3 is 2.78 bits per heavy atom. The van der Waals surface area contributed by atoms with Crippen LogP contribution in [0.4, 0.5) is 0 Å². The predicted octanol–water partition coefficient (Wildman–Crippen LogP) is 5.74. The van der Waals surface area contributed by atoms with Crippen molar-refractivity contribution in [2.45, 2.75) is 77.7 Å². The largest absolute Gasteiger partial charge is 0.507 e. The van der Waals surface area contributed by atoms with Crippen molar-refractivity contribution in [3.63, 3.8) is 0 Å². The van der Waals surface area contributed by atoms with E-state index in [2.05, 4.69) is 39.8 Å². The molecule has 1 heterocycles. The molecule has 0 radical (unpaired) electrons. The molecule has 0 saturated heterocycles. The summed E-state index contributed by atoms with van der Waals surface area (Å²) < 4.78 is 6.38. The van der Waals surface area contributed by atoms with Gasteiger partial charge in [-0.3, -0.25) is 0 Å². The number of ether oxygens (including phenoxy) is 1. The Morgan fingerprint density at radius 2 is 2.04 bits per heavy atom. The van der Waals surface area contributed by atoms with Crippen molar-refractivity contribution >= 4 is 0 Å². The molecule has 126 valence electrons. The Labute approximate surface area is 140 Å². The van der Waals surface area contributed by atoms with Gasteiger partial charge in [-0.05, 0) is 64.2 Å². The second-order valence-electron chi connectivity index (χ2n) is 7.80. The number of rotatable bonds is 4. The van der Waals surface area contributed by atoms with Gasteiger partial charge in [0.15, 0.2) is 0 Å². The van der Waals surface area contributed by atoms with Crippen molar-refractivity contribution in [1.29, 1.82) is 0 Å². The summed E-state index contributed by atoms with van der Waals surface area (Å²) in [6.07, 6.45) is 9.22. The van der Waals surface area contributed by atoms with E-state index in [0.717, 1.165) is 30.6 Å². The Bertz CT molecular complexity index is 613. The minimum absolute atomic E-state index is 0.179. The van der Waals surface area contributed by atoms with Gasteiger partial charge in [-0.1, -0.05) is 31.4 Å². The van der Waals surface area contributed by atoms with Gasteiger partial charge in [0.1, 0.15) is 17.1 Å². The Kier molecular flexibility index (Phi) is 4.44. The van der Waals surface area contributed by atoms with E-state index >= 15 is 0 Å². The van der Waals surface area contributed by atoms with Crippen LogP contribution in [-0.2, 0) is 6.42 Å². The number of unbranched alkanes of at least 4 members (excludes halogenated alkanes) is 2. The first-order valence-electron chi connectivity index (χ1n) is 9.15. The molecule has 1 aliphatic heterocycles. The molecule has 2 nitrogen and oxygen atoms in total. The average molecular weight is 314 g/mol. The van der Waals surface area contributed by atoms with Gasteiger partial charge in [0.2, 0.25) is 0 Å². The molecule has 23 heavy (non-hydrogen) atoms. The van der Waals surface area contributed by atoms with Crippen LogP contribution in [0.2, 0.25) is 0 Å². The average Bonchev–Trinajstić information content (AvgIpc) is 2.47. The number of aryl methyl sites for hydroxylation is 1. The fourth-order valence-corrected chi connectivity index (χ4v) is 4.43. The topological polar surface area (TPSA) is 29.5 Å². The standard InChI is InChI=1S/C21H30O2/c1-5-6-7-10-15-12-17(22)20-18(13-15)23-21(3,4)16-11-8-9-14(2)19(16)20/h9,12-13,16,19,22H,5-8,10-11H2,1-4H3. The zero-order valence-corrected chi connectivity index (χ0v) is 15.0. The molecule has 2 aliphatic rings. The summed E-state index contributed by atoms with van der Waals surface area (Å²) in [7, 11) is 0. The fourth-order valence-electron chi connectivity index (χ4n) is 4.43. The van der Waals surface area contributed by atoms with Crippen molar-refractivity contribution < 1.29 is 9.84 Å². The van der Waals surface area contributed by atoms with E-state index < -0.39 is 0 Å². The Balaban J connectivity index is 2.01. The van der Waals surface area contributed by atoms with Crippen molar-refractivity contribution in [1.82, 2.24) is 0 Å². The first-order chi connectivity index (χ1) is 10.9. The highest BCUT2D eigenvalue weighted by atomic mass is 16.5. The summed E-state index contributed by atoms with van der Waals surface area (Å²) in [6.45, 7) is 8.82. The third-order valence-corrected chi connectivity index (χ3v) is 5.66. The lowest BCUT2D eigenvalue weighted by Crippen LogP contribution is -2.45. The number of fused-ring (bicyclic) bond motifs is 3. The minimum atomic E-state index is -0.179. The van der Waals surface area contributed by atoms with E-state index in [1.54, 1.807) is 0 Å². The summed E-state index contributed by atoms with van der Waals surface area (Å²) in [4.78, 5) is 0. The van der Waals surface area contributed by atoms with Gasteiger partial charge in [-0.2, -0.15) is 0 Å². The maximum Gasteiger partial charge on any atom is 0.127 e. The van der Waals surface area contributed by atoms with Gasteiger partial charge in [0.25, 0.3) is 0 Å². The highest BCUT2D eigenvalue weighted by Gasteiger charge is 2.46. The molecular weight excluding hydrogens is 284 g/mol. The number of phenols is 1. The molecule has 2 heteroatoms. The minimum Gasteiger partial charge on any atom is -0.507 e. The summed E-state index contributed by atoms with van der Waals surface area (Å²) >= 11 is 0. The summed E-state index contributed by atoms with van der Waals surface area (Å²) in [6, 6.07) is 4.14. The molecule has 1 aromatic rings. The van der Waals surface area contributed by atoms with E-state index in [1.807, 2.05) is 6.07 Å². The molecule has 2 unspecified atom stereocenters. The summed E-state index contributed by atoms with van der Waals surface area (Å²) in [5.41, 5.74) is 3.41. The summed E-state index contributed by atoms with van der Waals surface area (Å²) in [5.74, 6) is 2.07. The van der Waals surface area contributed by atoms with Crippen LogP contribution >= 0.6 is 0 Å². The van der Waals surface area contributed by atoms with Crippen LogP contribution in [0.3, 0.4) is 0 Å². The molecule has 3 rings (SSSR count). The van der Waals surface area contributed by atoms with Crippen molar-refractivity contribution in [3.8, 4) is 11.5 Å². The lowest BCUT2D eigenvalue weighted by atomic mass is 9.66. The van der Waals surface area contributed by atoms with Crippen LogP contribution in [-0.4, -0.2) is 10.7 Å². The van der Waals surface area contributed by atoms with Gasteiger partial charge in [0.05, 0.1) is 0 Å². The predicted molar refractivity (Wildman–Crippen MR) is 95.3 cm³/mol. The second kappa shape index (κ2) is 6.22. The van der Waals surface area contributed by atoms with E-state index in [1.165, 1.54) is 30.4 Å². The zero-order chi connectivity index (χ0) is 16.6. The lowest BCUT2D eigenvalue weighted by Gasteiger charge is -2.47. The monoisotopic (exact) mass is 314 g/mol. The summed E-state index contributed by atoms with van der Waals surface area (Å²) in [5, 5.41) is 10.7. The quantitative estimate of drug-likeness (QED) is 0.567. The van der Waals surface area contributed by atoms with E-state index in [-0.39, 0.29) is 5.60 Å². The molecule has 1 aromatic carbocycles. The fraction of sp³-hybridized carbons (Fsp3) is 0.619. The van der Waals surface area contributed by atoms with Crippen LogP contribution in [0.5, 0.6) is 11.5 Å². The Hall–Kier alpha value is -1.44. The zero-order valence-electron chi connectivity index (χ0n) is 15.0. The SMILES string of the molecule is CCCCCc1cc(O)c2c(c1)OC(C)(C)C1CCC=C(C)C21. The number of hydrogen-bond donors (Lipinski definition) is 1. The van der Waals surface area contributed by atoms with E-state index in [0.29, 0.717) is 17.6 Å². The first-order valence-corrected chi connectivity index (χ1v) is 9.15. The smallest absolute Gasteiger partial charge is 0.127 e. The molecule has 2 atom stereocenters. The second-order valence-corrected chi connectivity index (χ2v) is 7.80. The molecule has 0 spiro atoms. The van der Waals surface area contributed by atoms with Gasteiger partial charge in [-0.15, -0.1) is 0 Å². The molecule has 0 amide bonds. The van der Waals surface area contributed by atoms with Crippen LogP contribution in [0, 0.1) is 5.92 Å². The van der Waals surface area contributed by atoms with Crippen molar-refractivity contribution in [2.24, 2.45) is 5.92 Å². The number of aromatic hydroxyl groups is 1. The van der Waals surface area contributed by atoms with Crippen LogP contribution in [0.25, 0.3) is 0 Å².